The third-order valence-electron chi connectivity index (χ3n) is 4.50. The number of nitrogens with one attached hydrogen (secondary N) is 1. The van der Waals surface area contributed by atoms with Gasteiger partial charge in [0.25, 0.3) is 5.91 Å². The molecule has 0 aliphatic carbocycles. The molecule has 7 heteroatoms. The van der Waals surface area contributed by atoms with Crippen molar-refractivity contribution in [1.29, 1.82) is 0 Å². The molecule has 4 rings (SSSR count). The number of hydrogen-bond acceptors (Lipinski definition) is 5. The number of benzene rings is 1. The zero-order valence-corrected chi connectivity index (χ0v) is 14.1. The molecule has 1 aliphatic heterocycles. The van der Waals surface area contributed by atoms with E-state index in [2.05, 4.69) is 15.3 Å². The molecular formula is C19H18N4O3. The number of nitrogens with zero attached hydrogens (tertiary/aromatic N) is 3. The number of hydrogen-bond donors (Lipinski definition) is 1. The summed E-state index contributed by atoms with van der Waals surface area (Å²) in [6.45, 7) is 0.840. The van der Waals surface area contributed by atoms with Crippen molar-refractivity contribution in [3.63, 3.8) is 0 Å². The van der Waals surface area contributed by atoms with E-state index in [9.17, 15) is 9.59 Å². The van der Waals surface area contributed by atoms with Gasteiger partial charge in [0.15, 0.2) is 0 Å². The van der Waals surface area contributed by atoms with E-state index in [1.54, 1.807) is 23.3 Å². The molecule has 2 amide bonds. The molecule has 7 nitrogen and oxygen atoms in total. The summed E-state index contributed by atoms with van der Waals surface area (Å²) in [4.78, 5) is 35.6. The summed E-state index contributed by atoms with van der Waals surface area (Å²) in [7, 11) is 0. The maximum Gasteiger partial charge on any atom is 0.274 e. The third kappa shape index (κ3) is 3.15. The molecule has 26 heavy (non-hydrogen) atoms. The van der Waals surface area contributed by atoms with Crippen molar-refractivity contribution in [2.45, 2.75) is 25.4 Å². The highest BCUT2D eigenvalue weighted by Crippen LogP contribution is 2.20. The van der Waals surface area contributed by atoms with Crippen LogP contribution in [0.2, 0.25) is 0 Å². The van der Waals surface area contributed by atoms with Crippen molar-refractivity contribution in [3.05, 3.63) is 60.3 Å². The van der Waals surface area contributed by atoms with E-state index in [0.29, 0.717) is 30.8 Å². The van der Waals surface area contributed by atoms with Gasteiger partial charge in [0.1, 0.15) is 17.5 Å². The third-order valence-corrected chi connectivity index (χ3v) is 4.50. The molecule has 132 valence electrons. The molecule has 1 aromatic carbocycles. The van der Waals surface area contributed by atoms with Crippen molar-refractivity contribution in [1.82, 2.24) is 20.2 Å². The van der Waals surface area contributed by atoms with Crippen LogP contribution in [0.3, 0.4) is 0 Å². The largest absolute Gasteiger partial charge is 0.467 e. The number of furan rings is 1. The van der Waals surface area contributed by atoms with E-state index < -0.39 is 6.04 Å². The van der Waals surface area contributed by atoms with Crippen LogP contribution in [-0.2, 0) is 11.3 Å². The Morgan fingerprint density at radius 3 is 2.85 bits per heavy atom. The second kappa shape index (κ2) is 6.95. The standard InChI is InChI=1S/C19H18N4O3/c24-18(21-11-13-5-4-10-26-13)17-8-3-9-23(17)19(25)16-12-20-14-6-1-2-7-15(14)22-16/h1-2,4-7,10,12,17H,3,8-9,11H2,(H,21,24). The summed E-state index contributed by atoms with van der Waals surface area (Å²) in [5.41, 5.74) is 1.66. The number of para-hydroxylation sites is 2. The van der Waals surface area contributed by atoms with Crippen molar-refractivity contribution < 1.29 is 14.0 Å². The van der Waals surface area contributed by atoms with Gasteiger partial charge in [-0.1, -0.05) is 12.1 Å². The minimum atomic E-state index is -0.495. The average molecular weight is 350 g/mol. The maximum atomic E-state index is 12.9. The second-order valence-corrected chi connectivity index (χ2v) is 6.20. The van der Waals surface area contributed by atoms with Gasteiger partial charge in [-0.2, -0.15) is 0 Å². The Bertz CT molecular complexity index is 939. The number of likely N-dealkylation sites (tertiary alicyclic amines) is 1. The number of carbonyl (C=O) groups is 2. The van der Waals surface area contributed by atoms with Crippen LogP contribution < -0.4 is 5.32 Å². The zero-order valence-electron chi connectivity index (χ0n) is 14.1. The predicted molar refractivity (Wildman–Crippen MR) is 94.2 cm³/mol. The van der Waals surface area contributed by atoms with Gasteiger partial charge in [-0.3, -0.25) is 14.6 Å². The number of fused-ring (bicyclic) bond motifs is 1. The topological polar surface area (TPSA) is 88.3 Å². The van der Waals surface area contributed by atoms with Crippen LogP contribution in [0.15, 0.2) is 53.3 Å². The first-order chi connectivity index (χ1) is 12.7. The van der Waals surface area contributed by atoms with Crippen molar-refractivity contribution in [3.8, 4) is 0 Å². The van der Waals surface area contributed by atoms with Crippen LogP contribution in [0, 0.1) is 0 Å². The Kier molecular flexibility index (Phi) is 4.35. The van der Waals surface area contributed by atoms with Gasteiger partial charge in [-0.15, -0.1) is 0 Å². The van der Waals surface area contributed by atoms with Gasteiger partial charge < -0.3 is 14.6 Å². The van der Waals surface area contributed by atoms with Gasteiger partial charge in [0, 0.05) is 6.54 Å². The van der Waals surface area contributed by atoms with Crippen LogP contribution >= 0.6 is 0 Å². The highest BCUT2D eigenvalue weighted by Gasteiger charge is 2.35. The number of rotatable bonds is 4. The molecule has 3 heterocycles. The lowest BCUT2D eigenvalue weighted by molar-refractivity contribution is -0.125. The summed E-state index contributed by atoms with van der Waals surface area (Å²) in [6, 6.07) is 10.5. The molecule has 1 atom stereocenters. The van der Waals surface area contributed by atoms with E-state index >= 15 is 0 Å². The normalized spacial score (nSPS) is 16.8. The van der Waals surface area contributed by atoms with Gasteiger partial charge in [0.2, 0.25) is 5.91 Å². The Morgan fingerprint density at radius 2 is 2.04 bits per heavy atom. The highest BCUT2D eigenvalue weighted by atomic mass is 16.3. The fourth-order valence-electron chi connectivity index (χ4n) is 3.19. The summed E-state index contributed by atoms with van der Waals surface area (Å²) < 4.78 is 5.22. The Morgan fingerprint density at radius 1 is 1.19 bits per heavy atom. The van der Waals surface area contributed by atoms with Crippen LogP contribution in [0.25, 0.3) is 11.0 Å². The first kappa shape index (κ1) is 16.3. The minimum absolute atomic E-state index is 0.180. The quantitative estimate of drug-likeness (QED) is 0.779. The van der Waals surface area contributed by atoms with Crippen molar-refractivity contribution in [2.24, 2.45) is 0 Å². The van der Waals surface area contributed by atoms with Crippen LogP contribution in [0.5, 0.6) is 0 Å². The summed E-state index contributed by atoms with van der Waals surface area (Å²) >= 11 is 0. The lowest BCUT2D eigenvalue weighted by atomic mass is 10.2. The number of aromatic nitrogens is 2. The van der Waals surface area contributed by atoms with E-state index in [0.717, 1.165) is 11.9 Å². The second-order valence-electron chi connectivity index (χ2n) is 6.20. The number of carbonyl (C=O) groups excluding carboxylic acids is 2. The summed E-state index contributed by atoms with van der Waals surface area (Å²) in [5, 5.41) is 2.83. The molecule has 0 radical (unpaired) electrons. The first-order valence-corrected chi connectivity index (χ1v) is 8.55. The molecule has 0 bridgehead atoms. The molecular weight excluding hydrogens is 332 g/mol. The van der Waals surface area contributed by atoms with E-state index in [1.807, 2.05) is 24.3 Å². The molecule has 0 spiro atoms. The number of amides is 2. The minimum Gasteiger partial charge on any atom is -0.467 e. The van der Waals surface area contributed by atoms with Crippen LogP contribution in [0.1, 0.15) is 29.1 Å². The molecule has 0 saturated carbocycles. The zero-order chi connectivity index (χ0) is 17.9. The monoisotopic (exact) mass is 350 g/mol. The molecule has 1 aliphatic rings. The van der Waals surface area contributed by atoms with Gasteiger partial charge in [-0.05, 0) is 37.1 Å². The van der Waals surface area contributed by atoms with Crippen molar-refractivity contribution in [2.75, 3.05) is 6.54 Å². The molecule has 3 aromatic rings. The van der Waals surface area contributed by atoms with Crippen LogP contribution in [0.4, 0.5) is 0 Å². The Labute approximate surface area is 150 Å². The summed E-state index contributed by atoms with van der Waals surface area (Å²) in [5.74, 6) is 0.231. The van der Waals surface area contributed by atoms with E-state index in [4.69, 9.17) is 4.42 Å². The highest BCUT2D eigenvalue weighted by molar-refractivity contribution is 5.97. The van der Waals surface area contributed by atoms with E-state index in [-0.39, 0.29) is 17.5 Å². The molecule has 1 fully saturated rings. The van der Waals surface area contributed by atoms with Gasteiger partial charge in [-0.25, -0.2) is 4.98 Å². The van der Waals surface area contributed by atoms with E-state index in [1.165, 1.54) is 6.20 Å². The molecule has 1 unspecified atom stereocenters. The summed E-state index contributed by atoms with van der Waals surface area (Å²) in [6.07, 6.45) is 4.45. The molecule has 1 saturated heterocycles. The fraction of sp³-hybridized carbons (Fsp3) is 0.263. The van der Waals surface area contributed by atoms with Crippen LogP contribution in [-0.4, -0.2) is 39.3 Å². The molecule has 2 aromatic heterocycles. The van der Waals surface area contributed by atoms with Gasteiger partial charge >= 0.3 is 0 Å². The van der Waals surface area contributed by atoms with Gasteiger partial charge in [0.05, 0.1) is 30.0 Å². The average Bonchev–Trinajstić information content (AvgIpc) is 3.37. The predicted octanol–water partition coefficient (Wildman–Crippen LogP) is 2.14. The Hall–Kier alpha value is -3.22. The SMILES string of the molecule is O=C(NCc1ccco1)C1CCCN1C(=O)c1cnc2ccccc2n1. The maximum absolute atomic E-state index is 12.9. The smallest absolute Gasteiger partial charge is 0.274 e. The first-order valence-electron chi connectivity index (χ1n) is 8.55. The fourth-order valence-corrected chi connectivity index (χ4v) is 3.19. The van der Waals surface area contributed by atoms with Crippen molar-refractivity contribution >= 4 is 22.8 Å². The Balaban J connectivity index is 1.49. The lowest BCUT2D eigenvalue weighted by Crippen LogP contribution is -2.46. The molecule has 1 N–H and O–H groups in total. The lowest BCUT2D eigenvalue weighted by Gasteiger charge is -2.23.